The number of aromatic hydroxyl groups is 1. The van der Waals surface area contributed by atoms with Crippen molar-refractivity contribution >= 4 is 11.8 Å². The van der Waals surface area contributed by atoms with Crippen molar-refractivity contribution in [1.82, 2.24) is 0 Å². The maximum absolute atomic E-state index is 11.5. The van der Waals surface area contributed by atoms with Crippen LogP contribution in [0.25, 0.3) is 0 Å². The highest BCUT2D eigenvalue weighted by Crippen LogP contribution is 2.13. The minimum atomic E-state index is -1.10. The fourth-order valence-corrected chi connectivity index (χ4v) is 1.17. The van der Waals surface area contributed by atoms with Crippen molar-refractivity contribution in [3.8, 4) is 5.75 Å². The van der Waals surface area contributed by atoms with Gasteiger partial charge in [-0.05, 0) is 12.1 Å². The van der Waals surface area contributed by atoms with Crippen molar-refractivity contribution in [3.63, 3.8) is 0 Å². The van der Waals surface area contributed by atoms with E-state index in [2.05, 4.69) is 0 Å². The van der Waals surface area contributed by atoms with Gasteiger partial charge in [-0.2, -0.15) is 0 Å². The monoisotopic (exact) mass is 222 g/mol. The van der Waals surface area contributed by atoms with E-state index < -0.39 is 22.9 Å². The molecule has 0 saturated heterocycles. The van der Waals surface area contributed by atoms with E-state index in [0.717, 1.165) is 6.07 Å². The second kappa shape index (κ2) is 5.06. The second-order valence-corrected chi connectivity index (χ2v) is 3.16. The number of hydrogen-bond donors (Lipinski definition) is 2. The van der Waals surface area contributed by atoms with Crippen LogP contribution in [0.5, 0.6) is 5.75 Å². The van der Waals surface area contributed by atoms with Crippen LogP contribution in [0.2, 0.25) is 0 Å². The molecule has 0 saturated carbocycles. The molecule has 2 N–H and O–H groups in total. The van der Waals surface area contributed by atoms with Gasteiger partial charge in [-0.3, -0.25) is 14.4 Å². The first-order valence-electron chi connectivity index (χ1n) is 4.59. The van der Waals surface area contributed by atoms with Crippen LogP contribution in [-0.4, -0.2) is 22.0 Å². The molecule has 0 bridgehead atoms. The molecule has 1 aromatic rings. The summed E-state index contributed by atoms with van der Waals surface area (Å²) in [5, 5.41) is 17.8. The predicted molar refractivity (Wildman–Crippen MR) is 55.6 cm³/mol. The van der Waals surface area contributed by atoms with E-state index in [-0.39, 0.29) is 18.4 Å². The lowest BCUT2D eigenvalue weighted by atomic mass is 10.1. The zero-order chi connectivity index (χ0) is 12.1. The molecule has 0 heterocycles. The Morgan fingerprint density at radius 3 is 2.38 bits per heavy atom. The highest BCUT2D eigenvalue weighted by molar-refractivity contribution is 5.99. The van der Waals surface area contributed by atoms with E-state index in [1.807, 2.05) is 0 Å². The van der Waals surface area contributed by atoms with E-state index in [4.69, 9.17) is 5.11 Å². The number of aliphatic carboxylic acids is 1. The first-order chi connectivity index (χ1) is 7.52. The topological polar surface area (TPSA) is 91.7 Å². The smallest absolute Gasteiger partial charge is 0.303 e. The lowest BCUT2D eigenvalue weighted by molar-refractivity contribution is -0.136. The van der Waals surface area contributed by atoms with Crippen molar-refractivity contribution in [1.29, 1.82) is 0 Å². The van der Waals surface area contributed by atoms with Crippen molar-refractivity contribution in [3.05, 3.63) is 40.1 Å². The summed E-state index contributed by atoms with van der Waals surface area (Å²) >= 11 is 0. The van der Waals surface area contributed by atoms with Gasteiger partial charge in [-0.15, -0.1) is 0 Å². The molecule has 0 atom stereocenters. The summed E-state index contributed by atoms with van der Waals surface area (Å²) in [7, 11) is 0. The third-order valence-electron chi connectivity index (χ3n) is 1.98. The molecule has 1 rings (SSSR count). The Hall–Kier alpha value is -2.17. The van der Waals surface area contributed by atoms with Crippen LogP contribution in [0.4, 0.5) is 0 Å². The fraction of sp³-hybridized carbons (Fsp3) is 0.182. The number of Topliss-reactive ketones (excluding diaryl/α,β-unsaturated/α-hetero) is 1. The minimum absolute atomic E-state index is 0.142. The van der Waals surface area contributed by atoms with Gasteiger partial charge in [-0.1, -0.05) is 12.1 Å². The normalized spacial score (nSPS) is 9.75. The molecule has 0 radical (unpaired) electrons. The van der Waals surface area contributed by atoms with E-state index >= 15 is 0 Å². The SMILES string of the molecule is O=C(O)CCC(=O)c1ccccc(=O)c1O. The zero-order valence-corrected chi connectivity index (χ0v) is 8.34. The predicted octanol–water partition coefficient (Wildman–Crippen LogP) is 0.800. The summed E-state index contributed by atoms with van der Waals surface area (Å²) in [5.74, 6) is -2.30. The van der Waals surface area contributed by atoms with Crippen LogP contribution in [-0.2, 0) is 4.79 Å². The number of carbonyl (C=O) groups excluding carboxylic acids is 1. The molecule has 1 aromatic carbocycles. The number of rotatable bonds is 4. The Kier molecular flexibility index (Phi) is 3.77. The highest BCUT2D eigenvalue weighted by Gasteiger charge is 2.13. The first kappa shape index (κ1) is 11.9. The summed E-state index contributed by atoms with van der Waals surface area (Å²) in [6.07, 6.45) is -0.572. The molecule has 0 amide bonds. The standard InChI is InChI=1S/C11H10O5/c12-8(5-6-10(14)15)7-3-1-2-4-9(13)11(7)16/h1-4H,5-6H2,(H,13,16)(H,14,15). The highest BCUT2D eigenvalue weighted by atomic mass is 16.4. The molecule has 0 aromatic heterocycles. The second-order valence-electron chi connectivity index (χ2n) is 3.16. The van der Waals surface area contributed by atoms with E-state index in [0.29, 0.717) is 0 Å². The molecular formula is C11H10O5. The van der Waals surface area contributed by atoms with Crippen LogP contribution in [0.3, 0.4) is 0 Å². The van der Waals surface area contributed by atoms with Gasteiger partial charge in [-0.25, -0.2) is 0 Å². The number of carboxylic acid groups (broad SMARTS) is 1. The van der Waals surface area contributed by atoms with Gasteiger partial charge in [0.2, 0.25) is 5.43 Å². The molecule has 5 nitrogen and oxygen atoms in total. The molecule has 84 valence electrons. The van der Waals surface area contributed by atoms with Crippen molar-refractivity contribution < 1.29 is 19.8 Å². The Bertz CT molecular complexity index is 478. The summed E-state index contributed by atoms with van der Waals surface area (Å²) in [4.78, 5) is 32.9. The molecule has 0 unspecified atom stereocenters. The third-order valence-corrected chi connectivity index (χ3v) is 1.98. The molecule has 16 heavy (non-hydrogen) atoms. The van der Waals surface area contributed by atoms with Crippen molar-refractivity contribution in [2.45, 2.75) is 12.8 Å². The summed E-state index contributed by atoms with van der Waals surface area (Å²) in [6.45, 7) is 0. The van der Waals surface area contributed by atoms with Crippen LogP contribution >= 0.6 is 0 Å². The van der Waals surface area contributed by atoms with Crippen LogP contribution in [0.1, 0.15) is 23.2 Å². The molecule has 0 aliphatic heterocycles. The molecule has 0 aliphatic rings. The quantitative estimate of drug-likeness (QED) is 0.735. The Morgan fingerprint density at radius 2 is 1.75 bits per heavy atom. The largest absolute Gasteiger partial charge is 0.504 e. The Balaban J connectivity index is 3.01. The Labute approximate surface area is 91.0 Å². The number of carboxylic acids is 1. The molecule has 5 heteroatoms. The number of carbonyl (C=O) groups is 2. The van der Waals surface area contributed by atoms with Gasteiger partial charge in [0.1, 0.15) is 0 Å². The minimum Gasteiger partial charge on any atom is -0.504 e. The number of hydrogen-bond acceptors (Lipinski definition) is 4. The summed E-state index contributed by atoms with van der Waals surface area (Å²) in [5.41, 5.74) is -0.806. The van der Waals surface area contributed by atoms with Gasteiger partial charge in [0.25, 0.3) is 0 Å². The fourth-order valence-electron chi connectivity index (χ4n) is 1.17. The van der Waals surface area contributed by atoms with Gasteiger partial charge >= 0.3 is 5.97 Å². The Morgan fingerprint density at radius 1 is 1.12 bits per heavy atom. The van der Waals surface area contributed by atoms with E-state index in [1.54, 1.807) is 0 Å². The van der Waals surface area contributed by atoms with Gasteiger partial charge < -0.3 is 10.2 Å². The average Bonchev–Trinajstić information content (AvgIpc) is 2.39. The van der Waals surface area contributed by atoms with E-state index in [9.17, 15) is 19.5 Å². The molecule has 0 aliphatic carbocycles. The van der Waals surface area contributed by atoms with E-state index in [1.165, 1.54) is 18.2 Å². The summed E-state index contributed by atoms with van der Waals surface area (Å²) < 4.78 is 0. The maximum atomic E-state index is 11.5. The van der Waals surface area contributed by atoms with Crippen LogP contribution in [0, 0.1) is 0 Å². The third kappa shape index (κ3) is 2.91. The average molecular weight is 222 g/mol. The van der Waals surface area contributed by atoms with Gasteiger partial charge in [0.05, 0.1) is 12.0 Å². The van der Waals surface area contributed by atoms with Gasteiger partial charge in [0, 0.05) is 6.42 Å². The van der Waals surface area contributed by atoms with Crippen molar-refractivity contribution in [2.75, 3.05) is 0 Å². The lowest BCUT2D eigenvalue weighted by Crippen LogP contribution is -2.06. The lowest BCUT2D eigenvalue weighted by Gasteiger charge is -1.98. The van der Waals surface area contributed by atoms with Crippen LogP contribution in [0.15, 0.2) is 29.1 Å². The number of ketones is 1. The van der Waals surface area contributed by atoms with Crippen LogP contribution < -0.4 is 5.43 Å². The van der Waals surface area contributed by atoms with Crippen molar-refractivity contribution in [2.24, 2.45) is 0 Å². The zero-order valence-electron chi connectivity index (χ0n) is 8.34. The molecular weight excluding hydrogens is 212 g/mol. The van der Waals surface area contributed by atoms with Gasteiger partial charge in [0.15, 0.2) is 11.5 Å². The summed E-state index contributed by atoms with van der Waals surface area (Å²) in [6, 6.07) is 5.26. The molecule has 0 spiro atoms. The molecule has 0 fully saturated rings. The maximum Gasteiger partial charge on any atom is 0.303 e. The first-order valence-corrected chi connectivity index (χ1v) is 4.59.